The minimum atomic E-state index is -3.44. The molecule has 2 fully saturated rings. The van der Waals surface area contributed by atoms with Crippen molar-refractivity contribution in [3.05, 3.63) is 59.8 Å². The van der Waals surface area contributed by atoms with E-state index in [0.717, 1.165) is 5.56 Å². The molecule has 2 aromatic rings. The average molecular weight is 432 g/mol. The molecule has 30 heavy (non-hydrogen) atoms. The predicted octanol–water partition coefficient (Wildman–Crippen LogP) is 1.54. The number of aromatic nitrogens is 1. The monoisotopic (exact) mass is 431 g/mol. The van der Waals surface area contributed by atoms with E-state index in [1.807, 2.05) is 18.2 Å². The highest BCUT2D eigenvalue weighted by Crippen LogP contribution is 2.24. The maximum atomic E-state index is 12.9. The van der Waals surface area contributed by atoms with Gasteiger partial charge in [0.05, 0.1) is 25.5 Å². The van der Waals surface area contributed by atoms with Crippen LogP contribution >= 0.6 is 0 Å². The molecular weight excluding hydrogens is 406 g/mol. The second-order valence-corrected chi connectivity index (χ2v) is 9.36. The molecule has 1 aromatic carbocycles. The fraction of sp³-hybridized carbons (Fsp3) is 0.429. The summed E-state index contributed by atoms with van der Waals surface area (Å²) in [6, 6.07) is 12.5. The van der Waals surface area contributed by atoms with Crippen LogP contribution < -0.4 is 4.74 Å². The summed E-state index contributed by atoms with van der Waals surface area (Å²) in [7, 11) is -3.44. The Morgan fingerprint density at radius 1 is 1.10 bits per heavy atom. The summed E-state index contributed by atoms with van der Waals surface area (Å²) >= 11 is 0. The van der Waals surface area contributed by atoms with Crippen LogP contribution in [0.5, 0.6) is 5.88 Å². The Morgan fingerprint density at radius 3 is 2.63 bits per heavy atom. The molecule has 0 N–H and O–H groups in total. The van der Waals surface area contributed by atoms with Crippen LogP contribution in [0.2, 0.25) is 0 Å². The highest BCUT2D eigenvalue weighted by atomic mass is 32.2. The van der Waals surface area contributed by atoms with Crippen molar-refractivity contribution in [2.24, 2.45) is 0 Å². The Kier molecular flexibility index (Phi) is 6.31. The normalized spacial score (nSPS) is 20.3. The molecule has 3 heterocycles. The summed E-state index contributed by atoms with van der Waals surface area (Å²) < 4.78 is 38.3. The number of carbonyl (C=O) groups is 1. The number of sulfonamides is 1. The van der Waals surface area contributed by atoms with Crippen LogP contribution in [0.1, 0.15) is 22.3 Å². The first kappa shape index (κ1) is 20.8. The summed E-state index contributed by atoms with van der Waals surface area (Å²) in [5.74, 6) is 0.0690. The van der Waals surface area contributed by atoms with E-state index >= 15 is 0 Å². The third kappa shape index (κ3) is 4.80. The maximum absolute atomic E-state index is 12.9. The molecule has 1 atom stereocenters. The molecule has 0 spiro atoms. The zero-order valence-electron chi connectivity index (χ0n) is 16.6. The standard InChI is InChI=1S/C21H25N3O5S/c25-21(23-11-13-28-14-12-23)19-7-4-9-22-20(19)29-18-8-10-24(15-18)30(26,27)16-17-5-2-1-3-6-17/h1-7,9,18H,8,10-16H2. The summed E-state index contributed by atoms with van der Waals surface area (Å²) in [6.45, 7) is 2.72. The lowest BCUT2D eigenvalue weighted by Crippen LogP contribution is -2.41. The SMILES string of the molecule is O=C(c1cccnc1OC1CCN(S(=O)(=O)Cc2ccccc2)C1)N1CCOCC1. The molecule has 4 rings (SSSR count). The van der Waals surface area contributed by atoms with Crippen LogP contribution in [0, 0.1) is 0 Å². The van der Waals surface area contributed by atoms with Crippen molar-refractivity contribution in [2.75, 3.05) is 39.4 Å². The number of rotatable bonds is 6. The van der Waals surface area contributed by atoms with Crippen LogP contribution in [0.3, 0.4) is 0 Å². The third-order valence-electron chi connectivity index (χ3n) is 5.27. The van der Waals surface area contributed by atoms with E-state index in [4.69, 9.17) is 9.47 Å². The first-order chi connectivity index (χ1) is 14.5. The van der Waals surface area contributed by atoms with Gasteiger partial charge in [-0.2, -0.15) is 4.31 Å². The number of ether oxygens (including phenoxy) is 2. The van der Waals surface area contributed by atoms with Crippen LogP contribution in [0.15, 0.2) is 48.7 Å². The molecule has 8 nitrogen and oxygen atoms in total. The topological polar surface area (TPSA) is 89.0 Å². The lowest BCUT2D eigenvalue weighted by atomic mass is 10.2. The number of nitrogens with zero attached hydrogens (tertiary/aromatic N) is 3. The number of morpholine rings is 1. The van der Waals surface area contributed by atoms with Gasteiger partial charge in [0.2, 0.25) is 15.9 Å². The quantitative estimate of drug-likeness (QED) is 0.689. The van der Waals surface area contributed by atoms with Crippen molar-refractivity contribution >= 4 is 15.9 Å². The molecule has 160 valence electrons. The van der Waals surface area contributed by atoms with E-state index < -0.39 is 10.0 Å². The number of carbonyl (C=O) groups excluding carboxylic acids is 1. The van der Waals surface area contributed by atoms with Gasteiger partial charge < -0.3 is 14.4 Å². The number of hydrogen-bond donors (Lipinski definition) is 0. The smallest absolute Gasteiger partial charge is 0.259 e. The summed E-state index contributed by atoms with van der Waals surface area (Å²) in [5, 5.41) is 0. The van der Waals surface area contributed by atoms with E-state index in [1.54, 1.807) is 35.4 Å². The van der Waals surface area contributed by atoms with E-state index in [-0.39, 0.29) is 30.2 Å². The van der Waals surface area contributed by atoms with E-state index in [0.29, 0.717) is 44.8 Å². The second-order valence-electron chi connectivity index (χ2n) is 7.39. The molecule has 0 saturated carbocycles. The summed E-state index contributed by atoms with van der Waals surface area (Å²) in [6.07, 6.45) is 1.78. The molecule has 1 aromatic heterocycles. The molecule has 2 aliphatic heterocycles. The van der Waals surface area contributed by atoms with Gasteiger partial charge in [0, 0.05) is 25.8 Å². The van der Waals surface area contributed by atoms with Gasteiger partial charge in [0.25, 0.3) is 5.91 Å². The first-order valence-corrected chi connectivity index (χ1v) is 11.6. The van der Waals surface area contributed by atoms with E-state index in [9.17, 15) is 13.2 Å². The molecule has 0 bridgehead atoms. The number of benzene rings is 1. The van der Waals surface area contributed by atoms with Crippen molar-refractivity contribution in [3.63, 3.8) is 0 Å². The molecule has 2 saturated heterocycles. The van der Waals surface area contributed by atoms with Gasteiger partial charge in [0.15, 0.2) is 0 Å². The van der Waals surface area contributed by atoms with E-state index in [2.05, 4.69) is 4.98 Å². The Morgan fingerprint density at radius 2 is 1.87 bits per heavy atom. The van der Waals surface area contributed by atoms with Crippen molar-refractivity contribution in [1.82, 2.24) is 14.2 Å². The maximum Gasteiger partial charge on any atom is 0.259 e. The lowest BCUT2D eigenvalue weighted by molar-refractivity contribution is 0.0298. The van der Waals surface area contributed by atoms with Gasteiger partial charge in [-0.3, -0.25) is 4.79 Å². The fourth-order valence-electron chi connectivity index (χ4n) is 3.66. The highest BCUT2D eigenvalue weighted by Gasteiger charge is 2.33. The van der Waals surface area contributed by atoms with Crippen LogP contribution in [-0.4, -0.2) is 74.0 Å². The van der Waals surface area contributed by atoms with Gasteiger partial charge in [-0.25, -0.2) is 13.4 Å². The Balaban J connectivity index is 1.42. The molecule has 2 aliphatic rings. The molecule has 1 amide bonds. The number of hydrogen-bond acceptors (Lipinski definition) is 6. The van der Waals surface area contributed by atoms with Crippen LogP contribution in [-0.2, 0) is 20.5 Å². The van der Waals surface area contributed by atoms with Crippen molar-refractivity contribution in [3.8, 4) is 5.88 Å². The van der Waals surface area contributed by atoms with Gasteiger partial charge >= 0.3 is 0 Å². The lowest BCUT2D eigenvalue weighted by Gasteiger charge is -2.27. The summed E-state index contributed by atoms with van der Waals surface area (Å²) in [4.78, 5) is 18.8. The van der Waals surface area contributed by atoms with Gasteiger partial charge in [-0.15, -0.1) is 0 Å². The summed E-state index contributed by atoms with van der Waals surface area (Å²) in [5.41, 5.74) is 1.15. The molecule has 9 heteroatoms. The zero-order chi connectivity index (χ0) is 21.0. The van der Waals surface area contributed by atoms with Gasteiger partial charge in [-0.1, -0.05) is 30.3 Å². The Labute approximate surface area is 176 Å². The second kappa shape index (κ2) is 9.11. The van der Waals surface area contributed by atoms with Crippen LogP contribution in [0.4, 0.5) is 0 Å². The minimum Gasteiger partial charge on any atom is -0.472 e. The number of pyridine rings is 1. The molecule has 1 unspecified atom stereocenters. The minimum absolute atomic E-state index is 0.0368. The highest BCUT2D eigenvalue weighted by molar-refractivity contribution is 7.88. The molecule has 0 radical (unpaired) electrons. The molecule has 0 aliphatic carbocycles. The van der Waals surface area contributed by atoms with Crippen molar-refractivity contribution in [2.45, 2.75) is 18.3 Å². The predicted molar refractivity (Wildman–Crippen MR) is 111 cm³/mol. The Hall–Kier alpha value is -2.49. The fourth-order valence-corrected chi connectivity index (χ4v) is 5.24. The molecular formula is C21H25N3O5S. The number of amides is 1. The van der Waals surface area contributed by atoms with Crippen molar-refractivity contribution < 1.29 is 22.7 Å². The zero-order valence-corrected chi connectivity index (χ0v) is 17.5. The van der Waals surface area contributed by atoms with Crippen LogP contribution in [0.25, 0.3) is 0 Å². The largest absolute Gasteiger partial charge is 0.472 e. The average Bonchev–Trinajstić information content (AvgIpc) is 3.24. The van der Waals surface area contributed by atoms with E-state index in [1.165, 1.54) is 4.31 Å². The first-order valence-electron chi connectivity index (χ1n) is 10.0. The van der Waals surface area contributed by atoms with Gasteiger partial charge in [0.1, 0.15) is 11.7 Å². The van der Waals surface area contributed by atoms with Gasteiger partial charge in [-0.05, 0) is 24.1 Å². The Bertz CT molecular complexity index is 977. The third-order valence-corrected chi connectivity index (χ3v) is 7.09. The van der Waals surface area contributed by atoms with Crippen molar-refractivity contribution in [1.29, 1.82) is 0 Å².